The number of aryl methyl sites for hydroxylation is 1. The lowest BCUT2D eigenvalue weighted by Crippen LogP contribution is -2.46. The highest BCUT2D eigenvalue weighted by molar-refractivity contribution is 6.02. The van der Waals surface area contributed by atoms with Gasteiger partial charge >= 0.3 is 0 Å². The summed E-state index contributed by atoms with van der Waals surface area (Å²) in [4.78, 5) is 17.2. The van der Waals surface area contributed by atoms with Gasteiger partial charge in [0, 0.05) is 49.2 Å². The molecule has 1 amide bonds. The van der Waals surface area contributed by atoms with E-state index in [1.165, 1.54) is 11.8 Å². The molecule has 1 fully saturated rings. The highest BCUT2D eigenvalue weighted by atomic mass is 16.5. The molecule has 1 aliphatic rings. The lowest BCUT2D eigenvalue weighted by Gasteiger charge is -2.35. The van der Waals surface area contributed by atoms with E-state index >= 15 is 0 Å². The van der Waals surface area contributed by atoms with E-state index < -0.39 is 0 Å². The summed E-state index contributed by atoms with van der Waals surface area (Å²) < 4.78 is 5.31. The maximum atomic E-state index is 12.3. The predicted molar refractivity (Wildman–Crippen MR) is 116 cm³/mol. The van der Waals surface area contributed by atoms with E-state index in [0.717, 1.165) is 55.3 Å². The molecule has 0 atom stereocenters. The molecule has 0 aromatic heterocycles. The van der Waals surface area contributed by atoms with Crippen molar-refractivity contribution in [3.8, 4) is 5.75 Å². The lowest BCUT2D eigenvalue weighted by atomic mass is 10.1. The first-order chi connectivity index (χ1) is 13.6. The summed E-state index contributed by atoms with van der Waals surface area (Å²) in [6.45, 7) is 9.63. The largest absolute Gasteiger partial charge is 0.496 e. The molecule has 3 rings (SSSR count). The van der Waals surface area contributed by atoms with E-state index in [4.69, 9.17) is 4.74 Å². The van der Waals surface area contributed by atoms with Gasteiger partial charge < -0.3 is 19.9 Å². The molecule has 0 bridgehead atoms. The topological polar surface area (TPSA) is 44.8 Å². The smallest absolute Gasteiger partial charge is 0.248 e. The van der Waals surface area contributed by atoms with Crippen LogP contribution in [-0.4, -0.2) is 50.6 Å². The van der Waals surface area contributed by atoms with E-state index in [2.05, 4.69) is 34.2 Å². The van der Waals surface area contributed by atoms with Gasteiger partial charge in [0.05, 0.1) is 7.11 Å². The SMILES string of the molecule is CCN1CCN(c2ccc(NC(=O)/C=C/c3ccccc3OC)c(C)c2)CC1. The van der Waals surface area contributed by atoms with Crippen LogP contribution in [0.5, 0.6) is 5.75 Å². The first kappa shape index (κ1) is 20.0. The Balaban J connectivity index is 1.63. The molecule has 0 spiro atoms. The van der Waals surface area contributed by atoms with Crippen molar-refractivity contribution in [2.75, 3.05) is 50.1 Å². The molecule has 148 valence electrons. The van der Waals surface area contributed by atoms with Crippen molar-refractivity contribution in [3.63, 3.8) is 0 Å². The van der Waals surface area contributed by atoms with Crippen molar-refractivity contribution in [2.45, 2.75) is 13.8 Å². The molecule has 5 heteroatoms. The Kier molecular flexibility index (Phi) is 6.71. The van der Waals surface area contributed by atoms with Gasteiger partial charge in [-0.1, -0.05) is 25.1 Å². The van der Waals surface area contributed by atoms with Crippen LogP contribution >= 0.6 is 0 Å². The average molecular weight is 380 g/mol. The second kappa shape index (κ2) is 9.42. The van der Waals surface area contributed by atoms with Crippen molar-refractivity contribution in [1.82, 2.24) is 4.90 Å². The lowest BCUT2D eigenvalue weighted by molar-refractivity contribution is -0.111. The minimum Gasteiger partial charge on any atom is -0.496 e. The van der Waals surface area contributed by atoms with Crippen molar-refractivity contribution in [2.24, 2.45) is 0 Å². The van der Waals surface area contributed by atoms with Gasteiger partial charge in [-0.25, -0.2) is 0 Å². The number of hydrogen-bond acceptors (Lipinski definition) is 4. The molecule has 1 aliphatic heterocycles. The number of carbonyl (C=O) groups excluding carboxylic acids is 1. The number of hydrogen-bond donors (Lipinski definition) is 1. The minimum absolute atomic E-state index is 0.154. The van der Waals surface area contributed by atoms with E-state index in [9.17, 15) is 4.79 Å². The number of anilines is 2. The molecule has 0 saturated carbocycles. The first-order valence-electron chi connectivity index (χ1n) is 9.80. The minimum atomic E-state index is -0.154. The van der Waals surface area contributed by atoms with E-state index in [-0.39, 0.29) is 5.91 Å². The molecule has 2 aromatic rings. The zero-order valence-electron chi connectivity index (χ0n) is 16.9. The monoisotopic (exact) mass is 379 g/mol. The van der Waals surface area contributed by atoms with Gasteiger partial charge in [0.25, 0.3) is 0 Å². The summed E-state index contributed by atoms with van der Waals surface area (Å²) in [5.41, 5.74) is 3.99. The van der Waals surface area contributed by atoms with Crippen molar-refractivity contribution in [3.05, 3.63) is 59.7 Å². The number of benzene rings is 2. The van der Waals surface area contributed by atoms with Gasteiger partial charge in [-0.05, 0) is 49.4 Å². The number of nitrogens with one attached hydrogen (secondary N) is 1. The normalized spacial score (nSPS) is 15.0. The molecule has 2 aromatic carbocycles. The van der Waals surface area contributed by atoms with Crippen LogP contribution in [0.4, 0.5) is 11.4 Å². The summed E-state index contributed by atoms with van der Waals surface area (Å²) in [5, 5.41) is 2.97. The molecule has 0 radical (unpaired) electrons. The van der Waals surface area contributed by atoms with Gasteiger partial charge in [0.2, 0.25) is 5.91 Å². The summed E-state index contributed by atoms with van der Waals surface area (Å²) in [7, 11) is 1.62. The maximum absolute atomic E-state index is 12.3. The Hall–Kier alpha value is -2.79. The highest BCUT2D eigenvalue weighted by Gasteiger charge is 2.16. The van der Waals surface area contributed by atoms with E-state index in [1.807, 2.05) is 37.3 Å². The number of methoxy groups -OCH3 is 1. The third kappa shape index (κ3) is 4.93. The quantitative estimate of drug-likeness (QED) is 0.776. The van der Waals surface area contributed by atoms with E-state index in [1.54, 1.807) is 13.2 Å². The molecule has 28 heavy (non-hydrogen) atoms. The molecular formula is C23H29N3O2. The molecular weight excluding hydrogens is 350 g/mol. The number of amides is 1. The van der Waals surface area contributed by atoms with Crippen molar-refractivity contribution >= 4 is 23.4 Å². The molecule has 0 aliphatic carbocycles. The summed E-state index contributed by atoms with van der Waals surface area (Å²) in [6, 6.07) is 13.9. The fourth-order valence-corrected chi connectivity index (χ4v) is 3.45. The highest BCUT2D eigenvalue weighted by Crippen LogP contribution is 2.24. The third-order valence-electron chi connectivity index (χ3n) is 5.21. The summed E-state index contributed by atoms with van der Waals surface area (Å²) in [5.74, 6) is 0.591. The summed E-state index contributed by atoms with van der Waals surface area (Å²) in [6.07, 6.45) is 3.31. The van der Waals surface area contributed by atoms with Crippen molar-refractivity contribution in [1.29, 1.82) is 0 Å². The van der Waals surface area contributed by atoms with Crippen LogP contribution in [0.1, 0.15) is 18.1 Å². The van der Waals surface area contributed by atoms with Crippen LogP contribution in [-0.2, 0) is 4.79 Å². The second-order valence-electron chi connectivity index (χ2n) is 6.99. The second-order valence-corrected chi connectivity index (χ2v) is 6.99. The van der Waals surface area contributed by atoms with Crippen LogP contribution in [0.15, 0.2) is 48.5 Å². The van der Waals surface area contributed by atoms with Gasteiger partial charge in [-0.3, -0.25) is 4.79 Å². The average Bonchev–Trinajstić information content (AvgIpc) is 2.74. The van der Waals surface area contributed by atoms with Crippen LogP contribution in [0.25, 0.3) is 6.08 Å². The number of para-hydroxylation sites is 1. The summed E-state index contributed by atoms with van der Waals surface area (Å²) >= 11 is 0. The number of nitrogens with zero attached hydrogens (tertiary/aromatic N) is 2. The molecule has 0 unspecified atom stereocenters. The Labute approximate surface area is 167 Å². The van der Waals surface area contributed by atoms with Gasteiger partial charge in [-0.2, -0.15) is 0 Å². The number of ether oxygens (including phenoxy) is 1. The van der Waals surface area contributed by atoms with Crippen molar-refractivity contribution < 1.29 is 9.53 Å². The fraction of sp³-hybridized carbons (Fsp3) is 0.348. The number of piperazine rings is 1. The first-order valence-corrected chi connectivity index (χ1v) is 9.80. The molecule has 5 nitrogen and oxygen atoms in total. The number of carbonyl (C=O) groups is 1. The Morgan fingerprint density at radius 1 is 1.14 bits per heavy atom. The van der Waals surface area contributed by atoms with Gasteiger partial charge in [-0.15, -0.1) is 0 Å². The molecule has 1 saturated heterocycles. The number of likely N-dealkylation sites (N-methyl/N-ethyl adjacent to an activating group) is 1. The zero-order valence-corrected chi connectivity index (χ0v) is 16.9. The Morgan fingerprint density at radius 3 is 2.57 bits per heavy atom. The van der Waals surface area contributed by atoms with Gasteiger partial charge in [0.1, 0.15) is 5.75 Å². The van der Waals surface area contributed by atoms with Gasteiger partial charge in [0.15, 0.2) is 0 Å². The third-order valence-corrected chi connectivity index (χ3v) is 5.21. The van der Waals surface area contributed by atoms with E-state index in [0.29, 0.717) is 0 Å². The van der Waals surface area contributed by atoms with Crippen LogP contribution < -0.4 is 15.0 Å². The fourth-order valence-electron chi connectivity index (χ4n) is 3.45. The van der Waals surface area contributed by atoms with Crippen LogP contribution in [0, 0.1) is 6.92 Å². The number of rotatable bonds is 6. The van der Waals surface area contributed by atoms with Crippen LogP contribution in [0.3, 0.4) is 0 Å². The zero-order chi connectivity index (χ0) is 19.9. The van der Waals surface area contributed by atoms with Crippen LogP contribution in [0.2, 0.25) is 0 Å². The molecule has 1 heterocycles. The molecule has 1 N–H and O–H groups in total. The Bertz CT molecular complexity index is 839. The Morgan fingerprint density at radius 2 is 1.89 bits per heavy atom. The maximum Gasteiger partial charge on any atom is 0.248 e. The predicted octanol–water partition coefficient (Wildman–Crippen LogP) is 3.80. The standard InChI is InChI=1S/C23H29N3O2/c1-4-25-13-15-26(16-14-25)20-10-11-21(18(2)17-20)24-23(27)12-9-19-7-5-6-8-22(19)28-3/h5-12,17H,4,13-16H2,1-3H3,(H,24,27)/b12-9+.